The fraction of sp³-hybridized carbons (Fsp3) is 0.500. The molecule has 106 valence electrons. The number of ether oxygens (including phenoxy) is 1. The van der Waals surface area contributed by atoms with E-state index in [4.69, 9.17) is 9.84 Å². The summed E-state index contributed by atoms with van der Waals surface area (Å²) in [7, 11) is 1.62. The van der Waals surface area contributed by atoms with E-state index in [9.17, 15) is 4.79 Å². The van der Waals surface area contributed by atoms with Crippen molar-refractivity contribution in [3.63, 3.8) is 0 Å². The molecule has 1 atom stereocenters. The highest BCUT2D eigenvalue weighted by molar-refractivity contribution is 9.10. The van der Waals surface area contributed by atoms with Crippen LogP contribution >= 0.6 is 15.9 Å². The first-order valence-corrected chi connectivity index (χ1v) is 7.09. The van der Waals surface area contributed by atoms with E-state index in [0.717, 1.165) is 15.8 Å². The number of aliphatic hydroxyl groups is 1. The van der Waals surface area contributed by atoms with Crippen LogP contribution in [0.5, 0.6) is 5.75 Å². The van der Waals surface area contributed by atoms with Crippen LogP contribution in [-0.4, -0.2) is 30.8 Å². The van der Waals surface area contributed by atoms with Crippen molar-refractivity contribution in [2.24, 2.45) is 0 Å². The number of hydrogen-bond donors (Lipinski definition) is 2. The normalized spacial score (nSPS) is 12.0. The number of carbonyl (C=O) groups is 1. The van der Waals surface area contributed by atoms with Gasteiger partial charge in [-0.1, -0.05) is 15.9 Å². The highest BCUT2D eigenvalue weighted by Gasteiger charge is 2.07. The fourth-order valence-electron chi connectivity index (χ4n) is 1.70. The number of aliphatic hydroxyl groups excluding tert-OH is 1. The second kappa shape index (κ2) is 8.17. The van der Waals surface area contributed by atoms with Crippen molar-refractivity contribution < 1.29 is 14.6 Å². The van der Waals surface area contributed by atoms with Crippen molar-refractivity contribution in [3.8, 4) is 5.75 Å². The third-order valence-corrected chi connectivity index (χ3v) is 3.24. The Balaban J connectivity index is 2.43. The van der Waals surface area contributed by atoms with Crippen LogP contribution in [0.3, 0.4) is 0 Å². The summed E-state index contributed by atoms with van der Waals surface area (Å²) in [4.78, 5) is 11.6. The summed E-state index contributed by atoms with van der Waals surface area (Å²) in [6, 6.07) is 5.75. The highest BCUT2D eigenvalue weighted by atomic mass is 79.9. The summed E-state index contributed by atoms with van der Waals surface area (Å²) < 4.78 is 6.23. The number of halogens is 1. The number of benzene rings is 1. The van der Waals surface area contributed by atoms with Crippen molar-refractivity contribution in [2.75, 3.05) is 13.7 Å². The first-order valence-electron chi connectivity index (χ1n) is 6.30. The summed E-state index contributed by atoms with van der Waals surface area (Å²) in [6.07, 6.45) is 1.23. The van der Waals surface area contributed by atoms with Crippen molar-refractivity contribution in [1.29, 1.82) is 0 Å². The number of carbonyl (C=O) groups excluding carboxylic acids is 1. The molecule has 4 nitrogen and oxygen atoms in total. The van der Waals surface area contributed by atoms with Gasteiger partial charge in [0.15, 0.2) is 0 Å². The lowest BCUT2D eigenvalue weighted by Crippen LogP contribution is -2.26. The second-order valence-corrected chi connectivity index (χ2v) is 5.36. The lowest BCUT2D eigenvalue weighted by molar-refractivity contribution is -0.121. The monoisotopic (exact) mass is 329 g/mol. The molecular formula is C14H20BrNO3. The molecule has 5 heteroatoms. The Morgan fingerprint density at radius 2 is 2.26 bits per heavy atom. The summed E-state index contributed by atoms with van der Waals surface area (Å²) in [6.45, 7) is 2.21. The molecule has 1 rings (SSSR count). The number of aryl methyl sites for hydroxylation is 1. The third kappa shape index (κ3) is 6.07. The van der Waals surface area contributed by atoms with Crippen molar-refractivity contribution >= 4 is 21.8 Å². The Kier molecular flexibility index (Phi) is 6.87. The zero-order valence-electron chi connectivity index (χ0n) is 11.3. The molecule has 0 spiro atoms. The average Bonchev–Trinajstić information content (AvgIpc) is 2.36. The molecule has 1 aromatic carbocycles. The SMILES string of the molecule is COc1ccc(Br)cc1CCC(=O)NCCC(C)O. The van der Waals surface area contributed by atoms with Gasteiger partial charge in [-0.2, -0.15) is 0 Å². The maximum absolute atomic E-state index is 11.6. The van der Waals surface area contributed by atoms with Crippen molar-refractivity contribution in [2.45, 2.75) is 32.3 Å². The minimum Gasteiger partial charge on any atom is -0.496 e. The topological polar surface area (TPSA) is 58.6 Å². The van der Waals surface area contributed by atoms with Crippen LogP contribution in [0.2, 0.25) is 0 Å². The van der Waals surface area contributed by atoms with Gasteiger partial charge in [-0.05, 0) is 43.5 Å². The van der Waals surface area contributed by atoms with E-state index in [1.807, 2.05) is 18.2 Å². The van der Waals surface area contributed by atoms with Gasteiger partial charge < -0.3 is 15.2 Å². The maximum atomic E-state index is 11.6. The third-order valence-electron chi connectivity index (χ3n) is 2.75. The molecule has 19 heavy (non-hydrogen) atoms. The zero-order valence-corrected chi connectivity index (χ0v) is 12.9. The van der Waals surface area contributed by atoms with E-state index < -0.39 is 0 Å². The number of nitrogens with one attached hydrogen (secondary N) is 1. The van der Waals surface area contributed by atoms with Crippen molar-refractivity contribution in [1.82, 2.24) is 5.32 Å². The minimum absolute atomic E-state index is 0.0114. The summed E-state index contributed by atoms with van der Waals surface area (Å²) in [5.74, 6) is 0.780. The smallest absolute Gasteiger partial charge is 0.220 e. The molecule has 0 heterocycles. The number of rotatable bonds is 7. The molecule has 0 aliphatic rings. The molecule has 0 saturated carbocycles. The minimum atomic E-state index is -0.384. The molecule has 0 radical (unpaired) electrons. The maximum Gasteiger partial charge on any atom is 0.220 e. The van der Waals surface area contributed by atoms with Gasteiger partial charge in [-0.15, -0.1) is 0 Å². The van der Waals surface area contributed by atoms with Crippen LogP contribution in [0.4, 0.5) is 0 Å². The molecule has 1 amide bonds. The molecule has 0 aliphatic carbocycles. The van der Waals surface area contributed by atoms with Crippen molar-refractivity contribution in [3.05, 3.63) is 28.2 Å². The van der Waals surface area contributed by atoms with Crippen LogP contribution in [0.25, 0.3) is 0 Å². The number of amides is 1. The zero-order chi connectivity index (χ0) is 14.3. The van der Waals surface area contributed by atoms with E-state index in [2.05, 4.69) is 21.2 Å². The van der Waals surface area contributed by atoms with Gasteiger partial charge in [-0.3, -0.25) is 4.79 Å². The molecule has 0 fully saturated rings. The van der Waals surface area contributed by atoms with Crippen LogP contribution in [-0.2, 0) is 11.2 Å². The van der Waals surface area contributed by atoms with Gasteiger partial charge in [0.25, 0.3) is 0 Å². The molecule has 1 aromatic rings. The van der Waals surface area contributed by atoms with Gasteiger partial charge in [0.05, 0.1) is 13.2 Å². The number of methoxy groups -OCH3 is 1. The quantitative estimate of drug-likeness (QED) is 0.806. The second-order valence-electron chi connectivity index (χ2n) is 4.44. The Labute approximate surface area is 122 Å². The van der Waals surface area contributed by atoms with Crippen LogP contribution < -0.4 is 10.1 Å². The van der Waals surface area contributed by atoms with Gasteiger partial charge in [-0.25, -0.2) is 0 Å². The summed E-state index contributed by atoms with van der Waals surface area (Å²) in [5, 5.41) is 11.9. The van der Waals surface area contributed by atoms with Gasteiger partial charge in [0, 0.05) is 17.4 Å². The lowest BCUT2D eigenvalue weighted by Gasteiger charge is -2.10. The Bertz CT molecular complexity index is 421. The first-order chi connectivity index (χ1) is 9.02. The Hall–Kier alpha value is -1.07. The highest BCUT2D eigenvalue weighted by Crippen LogP contribution is 2.24. The summed E-state index contributed by atoms with van der Waals surface area (Å²) >= 11 is 3.41. The standard InChI is InChI=1S/C14H20BrNO3/c1-10(17)7-8-16-14(18)6-3-11-9-12(15)4-5-13(11)19-2/h4-5,9-10,17H,3,6-8H2,1-2H3,(H,16,18). The van der Waals surface area contributed by atoms with E-state index in [0.29, 0.717) is 25.8 Å². The average molecular weight is 330 g/mol. The van der Waals surface area contributed by atoms with Crippen LogP contribution in [0, 0.1) is 0 Å². The summed E-state index contributed by atoms with van der Waals surface area (Å²) in [5.41, 5.74) is 1.00. The predicted octanol–water partition coefficient (Wildman–Crippen LogP) is 2.28. The number of hydrogen-bond acceptors (Lipinski definition) is 3. The lowest BCUT2D eigenvalue weighted by atomic mass is 10.1. The van der Waals surface area contributed by atoms with E-state index in [1.165, 1.54) is 0 Å². The molecule has 0 saturated heterocycles. The molecule has 0 bridgehead atoms. The van der Waals surface area contributed by atoms with Crippen LogP contribution in [0.1, 0.15) is 25.3 Å². The molecule has 0 aliphatic heterocycles. The fourth-order valence-corrected chi connectivity index (χ4v) is 2.11. The van der Waals surface area contributed by atoms with Gasteiger partial charge in [0.1, 0.15) is 5.75 Å². The van der Waals surface area contributed by atoms with E-state index in [1.54, 1.807) is 14.0 Å². The van der Waals surface area contributed by atoms with E-state index in [-0.39, 0.29) is 12.0 Å². The molecule has 2 N–H and O–H groups in total. The Morgan fingerprint density at radius 3 is 2.89 bits per heavy atom. The predicted molar refractivity (Wildman–Crippen MR) is 78.3 cm³/mol. The Morgan fingerprint density at radius 1 is 1.53 bits per heavy atom. The van der Waals surface area contributed by atoms with Gasteiger partial charge in [0.2, 0.25) is 5.91 Å². The largest absolute Gasteiger partial charge is 0.496 e. The van der Waals surface area contributed by atoms with E-state index >= 15 is 0 Å². The van der Waals surface area contributed by atoms with Gasteiger partial charge >= 0.3 is 0 Å². The molecule has 0 aromatic heterocycles. The first kappa shape index (κ1) is 16.0. The van der Waals surface area contributed by atoms with Crippen LogP contribution in [0.15, 0.2) is 22.7 Å². The molecule has 1 unspecified atom stereocenters. The molecular weight excluding hydrogens is 310 g/mol.